The third-order valence-electron chi connectivity index (χ3n) is 1.56. The van der Waals surface area contributed by atoms with Gasteiger partial charge in [0.2, 0.25) is 0 Å². The fraction of sp³-hybridized carbons (Fsp3) is 0.400. The van der Waals surface area contributed by atoms with Crippen molar-refractivity contribution in [2.75, 3.05) is 19.3 Å². The van der Waals surface area contributed by atoms with Crippen LogP contribution in [-0.4, -0.2) is 19.3 Å². The van der Waals surface area contributed by atoms with Gasteiger partial charge in [-0.05, 0) is 5.56 Å². The van der Waals surface area contributed by atoms with Gasteiger partial charge in [0.25, 0.3) is 0 Å². The number of hydrogen-bond donors (Lipinski definition) is 0. The smallest absolute Gasteiger partial charge is 0.120 e. The van der Waals surface area contributed by atoms with E-state index in [0.29, 0.717) is 19.8 Å². The highest BCUT2D eigenvalue weighted by Crippen LogP contribution is 1.99. The molecule has 0 radical (unpaired) electrons. The van der Waals surface area contributed by atoms with Gasteiger partial charge in [-0.3, -0.25) is 0 Å². The molecule has 0 spiro atoms. The monoisotopic (exact) mass is 200 g/mol. The quantitative estimate of drug-likeness (QED) is 0.519. The van der Waals surface area contributed by atoms with Crippen molar-refractivity contribution in [2.45, 2.75) is 6.61 Å². The molecule has 3 heteroatoms. The average molecular weight is 201 g/mol. The molecule has 0 heterocycles. The first kappa shape index (κ1) is 10.5. The van der Waals surface area contributed by atoms with Crippen LogP contribution in [0.2, 0.25) is 0 Å². The highest BCUT2D eigenvalue weighted by Gasteiger charge is 1.91. The van der Waals surface area contributed by atoms with Crippen molar-refractivity contribution in [3.8, 4) is 0 Å². The van der Waals surface area contributed by atoms with Crippen molar-refractivity contribution >= 4 is 11.6 Å². The lowest BCUT2D eigenvalue weighted by atomic mass is 10.2. The summed E-state index contributed by atoms with van der Waals surface area (Å²) in [7, 11) is 0. The molecule has 72 valence electrons. The minimum absolute atomic E-state index is 0.231. The SMILES string of the molecule is ClCOCCOCc1ccccc1. The van der Waals surface area contributed by atoms with Gasteiger partial charge in [0.05, 0.1) is 19.8 Å². The molecule has 0 aliphatic carbocycles. The molecule has 0 N–H and O–H groups in total. The van der Waals surface area contributed by atoms with E-state index in [1.54, 1.807) is 0 Å². The Morgan fingerprint density at radius 1 is 1.00 bits per heavy atom. The van der Waals surface area contributed by atoms with Gasteiger partial charge < -0.3 is 9.47 Å². The lowest BCUT2D eigenvalue weighted by Crippen LogP contribution is -2.03. The second kappa shape index (κ2) is 6.89. The first-order chi connectivity index (χ1) is 6.43. The van der Waals surface area contributed by atoms with Crippen LogP contribution in [0.4, 0.5) is 0 Å². The standard InChI is InChI=1S/C10H13ClO2/c11-9-13-7-6-12-8-10-4-2-1-3-5-10/h1-5H,6-9H2. The van der Waals surface area contributed by atoms with Gasteiger partial charge >= 0.3 is 0 Å². The molecule has 0 aromatic heterocycles. The summed E-state index contributed by atoms with van der Waals surface area (Å²) in [6.45, 7) is 1.77. The molecule has 0 saturated carbocycles. The fourth-order valence-electron chi connectivity index (χ4n) is 0.937. The summed E-state index contributed by atoms with van der Waals surface area (Å²) < 4.78 is 10.2. The number of halogens is 1. The van der Waals surface area contributed by atoms with Crippen LogP contribution in [0, 0.1) is 0 Å². The first-order valence-corrected chi connectivity index (χ1v) is 4.72. The summed E-state index contributed by atoms with van der Waals surface area (Å²) in [5.41, 5.74) is 1.17. The summed E-state index contributed by atoms with van der Waals surface area (Å²) in [6, 6.07) is 10.3. The Morgan fingerprint density at radius 2 is 1.69 bits per heavy atom. The maximum Gasteiger partial charge on any atom is 0.120 e. The van der Waals surface area contributed by atoms with Gasteiger partial charge in [0.15, 0.2) is 0 Å². The van der Waals surface area contributed by atoms with Gasteiger partial charge in [-0.2, -0.15) is 0 Å². The van der Waals surface area contributed by atoms with E-state index < -0.39 is 0 Å². The number of ether oxygens (including phenoxy) is 2. The Hall–Kier alpha value is -0.570. The minimum Gasteiger partial charge on any atom is -0.374 e. The van der Waals surface area contributed by atoms with Crippen molar-refractivity contribution in [3.63, 3.8) is 0 Å². The third-order valence-corrected chi connectivity index (χ3v) is 1.72. The van der Waals surface area contributed by atoms with Gasteiger partial charge in [0, 0.05) is 0 Å². The van der Waals surface area contributed by atoms with Crippen LogP contribution in [0.15, 0.2) is 30.3 Å². The van der Waals surface area contributed by atoms with E-state index in [4.69, 9.17) is 21.1 Å². The molecule has 1 aromatic carbocycles. The van der Waals surface area contributed by atoms with Gasteiger partial charge in [-0.15, -0.1) is 0 Å². The second-order valence-corrected chi connectivity index (χ2v) is 2.77. The topological polar surface area (TPSA) is 18.5 Å². The number of alkyl halides is 1. The molecule has 0 aliphatic rings. The molecule has 1 aromatic rings. The van der Waals surface area contributed by atoms with E-state index in [1.165, 1.54) is 5.56 Å². The molecule has 0 unspecified atom stereocenters. The third kappa shape index (κ3) is 4.88. The summed E-state index contributed by atoms with van der Waals surface area (Å²) in [5.74, 6) is 0. The predicted octanol–water partition coefficient (Wildman–Crippen LogP) is 2.42. The molecule has 0 atom stereocenters. The zero-order chi connectivity index (χ0) is 9.36. The molecule has 0 saturated heterocycles. The summed E-state index contributed by atoms with van der Waals surface area (Å²) >= 11 is 5.32. The number of rotatable bonds is 6. The van der Waals surface area contributed by atoms with Crippen LogP contribution in [-0.2, 0) is 16.1 Å². The summed E-state index contributed by atoms with van der Waals surface area (Å²) in [6.07, 6.45) is 0. The Labute approximate surface area is 83.4 Å². The maximum absolute atomic E-state index is 5.34. The molecule has 0 aliphatic heterocycles. The van der Waals surface area contributed by atoms with Crippen LogP contribution in [0.3, 0.4) is 0 Å². The maximum atomic E-state index is 5.34. The zero-order valence-electron chi connectivity index (χ0n) is 7.41. The number of benzene rings is 1. The molecular weight excluding hydrogens is 188 g/mol. The molecule has 1 rings (SSSR count). The molecule has 13 heavy (non-hydrogen) atoms. The van der Waals surface area contributed by atoms with E-state index in [9.17, 15) is 0 Å². The van der Waals surface area contributed by atoms with Crippen LogP contribution < -0.4 is 0 Å². The molecule has 0 fully saturated rings. The zero-order valence-corrected chi connectivity index (χ0v) is 8.17. The van der Waals surface area contributed by atoms with E-state index in [0.717, 1.165) is 0 Å². The van der Waals surface area contributed by atoms with E-state index in [-0.39, 0.29) is 6.07 Å². The largest absolute Gasteiger partial charge is 0.374 e. The summed E-state index contributed by atoms with van der Waals surface area (Å²) in [4.78, 5) is 0. The lowest BCUT2D eigenvalue weighted by Gasteiger charge is -2.03. The number of hydrogen-bond acceptors (Lipinski definition) is 2. The van der Waals surface area contributed by atoms with Gasteiger partial charge in [-0.1, -0.05) is 41.9 Å². The molecule has 2 nitrogen and oxygen atoms in total. The van der Waals surface area contributed by atoms with Crippen LogP contribution >= 0.6 is 11.6 Å². The van der Waals surface area contributed by atoms with Crippen molar-refractivity contribution in [1.29, 1.82) is 0 Å². The highest BCUT2D eigenvalue weighted by atomic mass is 35.5. The highest BCUT2D eigenvalue weighted by molar-refractivity contribution is 6.17. The van der Waals surface area contributed by atoms with Crippen molar-refractivity contribution < 1.29 is 9.47 Å². The average Bonchev–Trinajstić information content (AvgIpc) is 2.19. The predicted molar refractivity (Wildman–Crippen MR) is 52.8 cm³/mol. The van der Waals surface area contributed by atoms with Crippen molar-refractivity contribution in [2.24, 2.45) is 0 Å². The Balaban J connectivity index is 2.07. The van der Waals surface area contributed by atoms with Crippen LogP contribution in [0.1, 0.15) is 5.56 Å². The first-order valence-electron chi connectivity index (χ1n) is 4.19. The normalized spacial score (nSPS) is 10.2. The Morgan fingerprint density at radius 3 is 2.38 bits per heavy atom. The molecule has 0 amide bonds. The second-order valence-electron chi connectivity index (χ2n) is 2.56. The van der Waals surface area contributed by atoms with Crippen molar-refractivity contribution in [3.05, 3.63) is 35.9 Å². The van der Waals surface area contributed by atoms with Crippen LogP contribution in [0.25, 0.3) is 0 Å². The Kier molecular flexibility index (Phi) is 5.57. The lowest BCUT2D eigenvalue weighted by molar-refractivity contribution is 0.0558. The van der Waals surface area contributed by atoms with Crippen molar-refractivity contribution in [1.82, 2.24) is 0 Å². The van der Waals surface area contributed by atoms with Crippen LogP contribution in [0.5, 0.6) is 0 Å². The van der Waals surface area contributed by atoms with Gasteiger partial charge in [0.1, 0.15) is 6.07 Å². The van der Waals surface area contributed by atoms with E-state index in [1.807, 2.05) is 30.3 Å². The van der Waals surface area contributed by atoms with E-state index >= 15 is 0 Å². The van der Waals surface area contributed by atoms with E-state index in [2.05, 4.69) is 0 Å². The Bertz CT molecular complexity index is 213. The fourth-order valence-corrected chi connectivity index (χ4v) is 1.05. The molecule has 0 bridgehead atoms. The van der Waals surface area contributed by atoms with Gasteiger partial charge in [-0.25, -0.2) is 0 Å². The molecular formula is C10H13ClO2. The minimum atomic E-state index is 0.231. The summed E-state index contributed by atoms with van der Waals surface area (Å²) in [5, 5.41) is 0.